The van der Waals surface area contributed by atoms with E-state index in [0.29, 0.717) is 32.7 Å². The first kappa shape index (κ1) is 19.4. The fraction of sp³-hybridized carbons (Fsp3) is 0.412. The molecule has 0 N–H and O–H groups in total. The molecule has 2 aromatic rings. The molecule has 1 aromatic carbocycles. The van der Waals surface area contributed by atoms with Crippen LogP contribution in [0.4, 0.5) is 8.78 Å². The van der Waals surface area contributed by atoms with E-state index in [0.717, 1.165) is 23.6 Å². The number of hydrogen-bond donors (Lipinski definition) is 0. The van der Waals surface area contributed by atoms with Crippen LogP contribution in [0.25, 0.3) is 0 Å². The van der Waals surface area contributed by atoms with Gasteiger partial charge in [0.1, 0.15) is 0 Å². The molecule has 10 heteroatoms. The molecule has 1 amide bonds. The minimum absolute atomic E-state index is 0.258. The van der Waals surface area contributed by atoms with E-state index in [9.17, 15) is 22.0 Å². The number of halogens is 2. The van der Waals surface area contributed by atoms with Crippen LogP contribution in [0.1, 0.15) is 21.8 Å². The van der Waals surface area contributed by atoms with Crippen molar-refractivity contribution < 1.29 is 26.5 Å². The maximum atomic E-state index is 12.6. The molecule has 1 fully saturated rings. The molecule has 7 nitrogen and oxygen atoms in total. The second-order valence-electron chi connectivity index (χ2n) is 6.33. The van der Waals surface area contributed by atoms with E-state index >= 15 is 0 Å². The molecule has 1 saturated heterocycles. The Bertz CT molecular complexity index is 905. The molecule has 146 valence electrons. The summed E-state index contributed by atoms with van der Waals surface area (Å²) in [5, 5.41) is 3.84. The molecule has 1 aromatic heterocycles. The third-order valence-electron chi connectivity index (χ3n) is 4.38. The molecule has 0 spiro atoms. The molecule has 1 aliphatic heterocycles. The molecular formula is C17H19F2N3O4S. The van der Waals surface area contributed by atoms with E-state index in [2.05, 4.69) is 10.1 Å². The summed E-state index contributed by atoms with van der Waals surface area (Å²) < 4.78 is 53.2. The second kappa shape index (κ2) is 7.73. The number of nitrogens with zero attached hydrogens (tertiary/aromatic N) is 3. The van der Waals surface area contributed by atoms with Gasteiger partial charge in [-0.1, -0.05) is 5.16 Å². The zero-order chi connectivity index (χ0) is 19.6. The van der Waals surface area contributed by atoms with Crippen LogP contribution in [0.3, 0.4) is 0 Å². The van der Waals surface area contributed by atoms with Crippen LogP contribution in [0.2, 0.25) is 0 Å². The predicted octanol–water partition coefficient (Wildman–Crippen LogP) is 1.94. The molecule has 1 aliphatic rings. The van der Waals surface area contributed by atoms with Crippen LogP contribution in [0.15, 0.2) is 39.8 Å². The first-order valence-electron chi connectivity index (χ1n) is 8.33. The largest absolute Gasteiger partial charge is 0.360 e. The Hall–Kier alpha value is -2.33. The van der Waals surface area contributed by atoms with Crippen molar-refractivity contribution in [2.24, 2.45) is 0 Å². The Kier molecular flexibility index (Phi) is 5.56. The minimum atomic E-state index is -4.66. The van der Waals surface area contributed by atoms with Crippen molar-refractivity contribution in [2.75, 3.05) is 26.2 Å². The van der Waals surface area contributed by atoms with Crippen molar-refractivity contribution in [3.63, 3.8) is 0 Å². The van der Waals surface area contributed by atoms with Crippen LogP contribution >= 0.6 is 0 Å². The van der Waals surface area contributed by atoms with Crippen molar-refractivity contribution in [1.29, 1.82) is 0 Å². The topological polar surface area (TPSA) is 83.7 Å². The lowest BCUT2D eigenvalue weighted by atomic mass is 10.2. The van der Waals surface area contributed by atoms with E-state index in [1.807, 2.05) is 13.0 Å². The van der Waals surface area contributed by atoms with Crippen LogP contribution in [0, 0.1) is 6.92 Å². The molecule has 3 rings (SSSR count). The number of carbonyl (C=O) groups is 1. The van der Waals surface area contributed by atoms with Crippen LogP contribution in [-0.2, 0) is 16.4 Å². The molecule has 27 heavy (non-hydrogen) atoms. The number of alkyl halides is 2. The van der Waals surface area contributed by atoms with Gasteiger partial charge in [-0.15, -0.1) is 0 Å². The van der Waals surface area contributed by atoms with Gasteiger partial charge in [0, 0.05) is 37.8 Å². The Morgan fingerprint density at radius 2 is 1.81 bits per heavy atom. The Labute approximate surface area is 155 Å². The SMILES string of the molecule is Cc1cc(CN2CCN(C(=O)c3ccc(S(=O)(=O)C(F)F)cc3)CC2)on1. The quantitative estimate of drug-likeness (QED) is 0.764. The van der Waals surface area contributed by atoms with Gasteiger partial charge in [-0.25, -0.2) is 8.42 Å². The number of sulfone groups is 1. The van der Waals surface area contributed by atoms with E-state index in [-0.39, 0.29) is 11.5 Å². The highest BCUT2D eigenvalue weighted by atomic mass is 32.2. The fourth-order valence-corrected chi connectivity index (χ4v) is 3.61. The average Bonchev–Trinajstić information content (AvgIpc) is 3.06. The van der Waals surface area contributed by atoms with E-state index < -0.39 is 20.5 Å². The maximum Gasteiger partial charge on any atom is 0.341 e. The average molecular weight is 399 g/mol. The van der Waals surface area contributed by atoms with Crippen molar-refractivity contribution in [3.05, 3.63) is 47.3 Å². The summed E-state index contributed by atoms with van der Waals surface area (Å²) in [6, 6.07) is 6.48. The number of aromatic nitrogens is 1. The van der Waals surface area contributed by atoms with Gasteiger partial charge < -0.3 is 9.42 Å². The lowest BCUT2D eigenvalue weighted by Gasteiger charge is -2.34. The zero-order valence-electron chi connectivity index (χ0n) is 14.6. The summed E-state index contributed by atoms with van der Waals surface area (Å²) in [6.45, 7) is 4.78. The number of aryl methyl sites for hydroxylation is 1. The fourth-order valence-electron chi connectivity index (χ4n) is 2.89. The van der Waals surface area contributed by atoms with Gasteiger partial charge in [0.15, 0.2) is 5.76 Å². The lowest BCUT2D eigenvalue weighted by Crippen LogP contribution is -2.48. The van der Waals surface area contributed by atoms with Gasteiger partial charge in [-0.2, -0.15) is 8.78 Å². The van der Waals surface area contributed by atoms with Crippen molar-refractivity contribution >= 4 is 15.7 Å². The van der Waals surface area contributed by atoms with Gasteiger partial charge in [0.05, 0.1) is 17.1 Å². The smallest absolute Gasteiger partial charge is 0.341 e. The summed E-state index contributed by atoms with van der Waals surface area (Å²) in [6.07, 6.45) is 0. The monoisotopic (exact) mass is 399 g/mol. The lowest BCUT2D eigenvalue weighted by molar-refractivity contribution is 0.0617. The molecule has 2 heterocycles. The minimum Gasteiger partial charge on any atom is -0.360 e. The Morgan fingerprint density at radius 3 is 2.33 bits per heavy atom. The molecule has 0 bridgehead atoms. The number of carbonyl (C=O) groups excluding carboxylic acids is 1. The molecule has 0 aliphatic carbocycles. The van der Waals surface area contributed by atoms with Crippen LogP contribution < -0.4 is 0 Å². The van der Waals surface area contributed by atoms with Crippen molar-refractivity contribution in [2.45, 2.75) is 24.1 Å². The number of amides is 1. The predicted molar refractivity (Wildman–Crippen MR) is 92.1 cm³/mol. The van der Waals surface area contributed by atoms with Crippen molar-refractivity contribution in [3.8, 4) is 0 Å². The first-order valence-corrected chi connectivity index (χ1v) is 9.88. The summed E-state index contributed by atoms with van der Waals surface area (Å²) in [5.41, 5.74) is 1.08. The normalized spacial score (nSPS) is 16.1. The maximum absolute atomic E-state index is 12.6. The highest BCUT2D eigenvalue weighted by molar-refractivity contribution is 7.91. The standard InChI is InChI=1S/C17H19F2N3O4S/c1-12-10-14(26-20-12)11-21-6-8-22(9-7-21)16(23)13-2-4-15(5-3-13)27(24,25)17(18)19/h2-5,10,17H,6-9,11H2,1H3. The molecule has 0 unspecified atom stereocenters. The number of hydrogen-bond acceptors (Lipinski definition) is 6. The van der Waals surface area contributed by atoms with E-state index in [4.69, 9.17) is 4.52 Å². The van der Waals surface area contributed by atoms with E-state index in [1.165, 1.54) is 12.1 Å². The van der Waals surface area contributed by atoms with Gasteiger partial charge in [-0.05, 0) is 31.2 Å². The van der Waals surface area contributed by atoms with Crippen LogP contribution in [0.5, 0.6) is 0 Å². The second-order valence-corrected chi connectivity index (χ2v) is 8.25. The number of piperazine rings is 1. The zero-order valence-corrected chi connectivity index (χ0v) is 15.5. The third kappa shape index (κ3) is 4.33. The van der Waals surface area contributed by atoms with Gasteiger partial charge in [0.2, 0.25) is 9.84 Å². The highest BCUT2D eigenvalue weighted by Crippen LogP contribution is 2.19. The molecule has 0 radical (unpaired) electrons. The van der Waals surface area contributed by atoms with Gasteiger partial charge >= 0.3 is 5.76 Å². The molecular weight excluding hydrogens is 380 g/mol. The Morgan fingerprint density at radius 1 is 1.19 bits per heavy atom. The number of rotatable bonds is 5. The highest BCUT2D eigenvalue weighted by Gasteiger charge is 2.27. The van der Waals surface area contributed by atoms with Gasteiger partial charge in [-0.3, -0.25) is 9.69 Å². The summed E-state index contributed by atoms with van der Waals surface area (Å²) in [5.74, 6) is -2.98. The summed E-state index contributed by atoms with van der Waals surface area (Å²) in [7, 11) is -4.66. The number of benzene rings is 1. The summed E-state index contributed by atoms with van der Waals surface area (Å²) in [4.78, 5) is 15.8. The summed E-state index contributed by atoms with van der Waals surface area (Å²) >= 11 is 0. The third-order valence-corrected chi connectivity index (χ3v) is 5.78. The van der Waals surface area contributed by atoms with E-state index in [1.54, 1.807) is 4.90 Å². The Balaban J connectivity index is 1.59. The van der Waals surface area contributed by atoms with Gasteiger partial charge in [0.25, 0.3) is 5.91 Å². The van der Waals surface area contributed by atoms with Crippen molar-refractivity contribution in [1.82, 2.24) is 15.0 Å². The van der Waals surface area contributed by atoms with Crippen LogP contribution in [-0.4, -0.2) is 61.2 Å². The molecule has 0 atom stereocenters. The molecule has 0 saturated carbocycles. The first-order chi connectivity index (χ1) is 12.8.